The van der Waals surface area contributed by atoms with Crippen LogP contribution in [0.3, 0.4) is 0 Å². The van der Waals surface area contributed by atoms with Crippen molar-refractivity contribution in [3.05, 3.63) is 0 Å². The number of rotatable bonds is 6. The Balaban J connectivity index is 2.26. The molecule has 6 nitrogen and oxygen atoms in total. The molecule has 19 heavy (non-hydrogen) atoms. The molecular weight excluding hydrogens is 246 g/mol. The Bertz CT molecular complexity index is 322. The molecule has 1 fully saturated rings. The third-order valence-electron chi connectivity index (χ3n) is 3.63. The quantitative estimate of drug-likeness (QED) is 0.750. The number of carboxylic acid groups (broad SMARTS) is 1. The number of nitrogens with one attached hydrogen (secondary N) is 1. The van der Waals surface area contributed by atoms with Crippen LogP contribution >= 0.6 is 0 Å². The van der Waals surface area contributed by atoms with Gasteiger partial charge in [0.15, 0.2) is 0 Å². The van der Waals surface area contributed by atoms with Crippen molar-refractivity contribution in [3.8, 4) is 0 Å². The minimum Gasteiger partial charge on any atom is -0.481 e. The maximum atomic E-state index is 11.9. The van der Waals surface area contributed by atoms with Gasteiger partial charge in [-0.1, -0.05) is 6.92 Å². The van der Waals surface area contributed by atoms with Gasteiger partial charge in [0, 0.05) is 32.6 Å². The van der Waals surface area contributed by atoms with Gasteiger partial charge in [0.2, 0.25) is 0 Å². The number of urea groups is 1. The molecule has 2 atom stereocenters. The highest BCUT2D eigenvalue weighted by Gasteiger charge is 2.23. The largest absolute Gasteiger partial charge is 0.481 e. The van der Waals surface area contributed by atoms with Crippen LogP contribution in [-0.4, -0.2) is 66.7 Å². The molecule has 1 aliphatic rings. The Morgan fingerprint density at radius 3 is 2.74 bits per heavy atom. The average molecular weight is 271 g/mol. The van der Waals surface area contributed by atoms with Crippen molar-refractivity contribution in [3.63, 3.8) is 0 Å². The van der Waals surface area contributed by atoms with Crippen molar-refractivity contribution < 1.29 is 14.7 Å². The fourth-order valence-electron chi connectivity index (χ4n) is 2.38. The first-order chi connectivity index (χ1) is 8.90. The van der Waals surface area contributed by atoms with Crippen LogP contribution in [0.15, 0.2) is 0 Å². The zero-order chi connectivity index (χ0) is 14.4. The van der Waals surface area contributed by atoms with Gasteiger partial charge in [-0.25, -0.2) is 4.79 Å². The standard InChI is InChI=1S/C13H25N3O3/c1-10(7-12(17)18)8-14-13(19)16(3)9-11-5-4-6-15(11)2/h10-11H,4-9H2,1-3H3,(H,14,19)(H,17,18). The molecule has 1 saturated heterocycles. The number of aliphatic carboxylic acids is 1. The molecule has 1 heterocycles. The summed E-state index contributed by atoms with van der Waals surface area (Å²) in [4.78, 5) is 26.4. The molecule has 1 aliphatic heterocycles. The fourth-order valence-corrected chi connectivity index (χ4v) is 2.38. The van der Waals surface area contributed by atoms with Crippen LogP contribution < -0.4 is 5.32 Å². The summed E-state index contributed by atoms with van der Waals surface area (Å²) in [6.07, 6.45) is 2.39. The second-order valence-corrected chi connectivity index (χ2v) is 5.55. The summed E-state index contributed by atoms with van der Waals surface area (Å²) >= 11 is 0. The van der Waals surface area contributed by atoms with Gasteiger partial charge < -0.3 is 20.2 Å². The van der Waals surface area contributed by atoms with E-state index in [1.807, 2.05) is 6.92 Å². The van der Waals surface area contributed by atoms with E-state index in [9.17, 15) is 9.59 Å². The lowest BCUT2D eigenvalue weighted by molar-refractivity contribution is -0.137. The second-order valence-electron chi connectivity index (χ2n) is 5.55. The second kappa shape index (κ2) is 7.33. The molecule has 0 aromatic heterocycles. The van der Waals surface area contributed by atoms with Crippen molar-refractivity contribution in [2.45, 2.75) is 32.2 Å². The minimum atomic E-state index is -0.831. The SMILES string of the molecule is CC(CNC(=O)N(C)CC1CCCN1C)CC(=O)O. The van der Waals surface area contributed by atoms with E-state index in [1.54, 1.807) is 11.9 Å². The number of carboxylic acids is 1. The zero-order valence-electron chi connectivity index (χ0n) is 12.1. The number of carbonyl (C=O) groups excluding carboxylic acids is 1. The number of hydrogen-bond donors (Lipinski definition) is 2. The van der Waals surface area contributed by atoms with Crippen molar-refractivity contribution in [2.75, 3.05) is 33.7 Å². The normalized spacial score (nSPS) is 21.1. The van der Waals surface area contributed by atoms with Crippen molar-refractivity contribution in [1.82, 2.24) is 15.1 Å². The van der Waals surface area contributed by atoms with E-state index in [1.165, 1.54) is 6.42 Å². The maximum Gasteiger partial charge on any atom is 0.317 e. The smallest absolute Gasteiger partial charge is 0.317 e. The van der Waals surface area contributed by atoms with Gasteiger partial charge in [-0.15, -0.1) is 0 Å². The third kappa shape index (κ3) is 5.46. The molecular formula is C13H25N3O3. The molecule has 0 aromatic carbocycles. The summed E-state index contributed by atoms with van der Waals surface area (Å²) in [6.45, 7) is 4.03. The molecule has 0 spiro atoms. The van der Waals surface area contributed by atoms with Gasteiger partial charge in [-0.2, -0.15) is 0 Å². The predicted molar refractivity (Wildman–Crippen MR) is 73.1 cm³/mol. The molecule has 2 unspecified atom stereocenters. The molecule has 0 bridgehead atoms. The summed E-state index contributed by atoms with van der Waals surface area (Å²) in [7, 11) is 3.86. The van der Waals surface area contributed by atoms with Crippen LogP contribution in [0.5, 0.6) is 0 Å². The number of likely N-dealkylation sites (tertiary alicyclic amines) is 1. The van der Waals surface area contributed by atoms with Gasteiger partial charge in [0.1, 0.15) is 0 Å². The molecule has 6 heteroatoms. The highest BCUT2D eigenvalue weighted by molar-refractivity contribution is 5.74. The summed E-state index contributed by atoms with van der Waals surface area (Å²) in [5.74, 6) is -0.883. The Hall–Kier alpha value is -1.30. The monoisotopic (exact) mass is 271 g/mol. The first-order valence-electron chi connectivity index (χ1n) is 6.81. The van der Waals surface area contributed by atoms with Crippen LogP contribution in [0.25, 0.3) is 0 Å². The highest BCUT2D eigenvalue weighted by Crippen LogP contribution is 2.15. The van der Waals surface area contributed by atoms with Crippen LogP contribution in [0.2, 0.25) is 0 Å². The van der Waals surface area contributed by atoms with Gasteiger partial charge in [-0.05, 0) is 32.4 Å². The fraction of sp³-hybridized carbons (Fsp3) is 0.846. The Morgan fingerprint density at radius 2 is 2.21 bits per heavy atom. The first-order valence-corrected chi connectivity index (χ1v) is 6.81. The lowest BCUT2D eigenvalue weighted by Gasteiger charge is -2.26. The van der Waals surface area contributed by atoms with E-state index in [0.717, 1.165) is 19.5 Å². The van der Waals surface area contributed by atoms with Crippen LogP contribution in [-0.2, 0) is 4.79 Å². The van der Waals surface area contributed by atoms with E-state index in [4.69, 9.17) is 5.11 Å². The molecule has 0 aromatic rings. The molecule has 2 N–H and O–H groups in total. The predicted octanol–water partition coefficient (Wildman–Crippen LogP) is 0.833. The van der Waals surface area contributed by atoms with Gasteiger partial charge >= 0.3 is 12.0 Å². The number of carbonyl (C=O) groups is 2. The summed E-state index contributed by atoms with van der Waals surface area (Å²) < 4.78 is 0. The van der Waals surface area contributed by atoms with E-state index in [2.05, 4.69) is 17.3 Å². The van der Waals surface area contributed by atoms with Gasteiger partial charge in [0.05, 0.1) is 0 Å². The number of amides is 2. The molecule has 110 valence electrons. The van der Waals surface area contributed by atoms with E-state index in [0.29, 0.717) is 12.6 Å². The molecule has 0 radical (unpaired) electrons. The average Bonchev–Trinajstić information content (AvgIpc) is 2.71. The van der Waals surface area contributed by atoms with E-state index < -0.39 is 5.97 Å². The first kappa shape index (κ1) is 15.8. The number of hydrogen-bond acceptors (Lipinski definition) is 3. The Kier molecular flexibility index (Phi) is 6.08. The van der Waals surface area contributed by atoms with Crippen LogP contribution in [0, 0.1) is 5.92 Å². The number of nitrogens with zero attached hydrogens (tertiary/aromatic N) is 2. The lowest BCUT2D eigenvalue weighted by Crippen LogP contribution is -2.45. The topological polar surface area (TPSA) is 72.9 Å². The minimum absolute atomic E-state index is 0.0518. The molecule has 2 amide bonds. The van der Waals surface area contributed by atoms with Gasteiger partial charge in [-0.3, -0.25) is 4.79 Å². The van der Waals surface area contributed by atoms with Crippen molar-refractivity contribution in [1.29, 1.82) is 0 Å². The molecule has 1 rings (SSSR count). The number of likely N-dealkylation sites (N-methyl/N-ethyl adjacent to an activating group) is 2. The Morgan fingerprint density at radius 1 is 1.53 bits per heavy atom. The van der Waals surface area contributed by atoms with Crippen LogP contribution in [0.1, 0.15) is 26.2 Å². The summed E-state index contributed by atoms with van der Waals surface area (Å²) in [5.41, 5.74) is 0. The molecule has 0 aliphatic carbocycles. The third-order valence-corrected chi connectivity index (χ3v) is 3.63. The maximum absolute atomic E-state index is 11.9. The van der Waals surface area contributed by atoms with Crippen LogP contribution in [0.4, 0.5) is 4.79 Å². The zero-order valence-corrected chi connectivity index (χ0v) is 12.1. The Labute approximate surface area is 114 Å². The summed E-state index contributed by atoms with van der Waals surface area (Å²) in [5, 5.41) is 11.4. The van der Waals surface area contributed by atoms with E-state index >= 15 is 0 Å². The van der Waals surface area contributed by atoms with Crippen molar-refractivity contribution >= 4 is 12.0 Å². The molecule has 0 saturated carbocycles. The summed E-state index contributed by atoms with van der Waals surface area (Å²) in [6, 6.07) is 0.310. The van der Waals surface area contributed by atoms with Crippen molar-refractivity contribution in [2.24, 2.45) is 5.92 Å². The van der Waals surface area contributed by atoms with Gasteiger partial charge in [0.25, 0.3) is 0 Å². The lowest BCUT2D eigenvalue weighted by atomic mass is 10.1. The highest BCUT2D eigenvalue weighted by atomic mass is 16.4. The van der Waals surface area contributed by atoms with E-state index in [-0.39, 0.29) is 18.4 Å².